The highest BCUT2D eigenvalue weighted by Crippen LogP contribution is 2.19. The van der Waals surface area contributed by atoms with Gasteiger partial charge in [-0.25, -0.2) is 4.39 Å². The van der Waals surface area contributed by atoms with Gasteiger partial charge in [-0.3, -0.25) is 4.79 Å². The molecule has 3 N–H and O–H groups in total. The number of halogens is 1. The topological polar surface area (TPSA) is 65.1 Å². The lowest BCUT2D eigenvalue weighted by Gasteiger charge is -2.17. The summed E-state index contributed by atoms with van der Waals surface area (Å²) in [5.41, 5.74) is 1.55. The predicted octanol–water partition coefficient (Wildman–Crippen LogP) is 2.37. The molecule has 21 heavy (non-hydrogen) atoms. The summed E-state index contributed by atoms with van der Waals surface area (Å²) in [4.78, 5) is 14.9. The maximum absolute atomic E-state index is 13.3. The van der Waals surface area contributed by atoms with Gasteiger partial charge in [0.2, 0.25) is 5.91 Å². The number of hydrogen-bond acceptors (Lipinski definition) is 2. The van der Waals surface area contributed by atoms with Crippen molar-refractivity contribution >= 4 is 16.8 Å². The maximum Gasteiger partial charge on any atom is 0.224 e. The number of carbonyl (C=O) groups excluding carboxylic acids is 1. The van der Waals surface area contributed by atoms with Gasteiger partial charge in [-0.1, -0.05) is 20.3 Å². The Kier molecular flexibility index (Phi) is 4.96. The third-order valence-electron chi connectivity index (χ3n) is 3.89. The van der Waals surface area contributed by atoms with Crippen LogP contribution in [-0.4, -0.2) is 28.6 Å². The summed E-state index contributed by atoms with van der Waals surface area (Å²) in [5.74, 6) is -0.356. The number of hydrogen-bond donors (Lipinski definition) is 3. The lowest BCUT2D eigenvalue weighted by atomic mass is 10.0. The molecule has 0 saturated carbocycles. The van der Waals surface area contributed by atoms with E-state index in [1.54, 1.807) is 12.3 Å². The van der Waals surface area contributed by atoms with Gasteiger partial charge >= 0.3 is 0 Å². The van der Waals surface area contributed by atoms with Crippen LogP contribution in [0.3, 0.4) is 0 Å². The zero-order valence-corrected chi connectivity index (χ0v) is 12.3. The molecule has 2 atom stereocenters. The Labute approximate surface area is 123 Å². The van der Waals surface area contributed by atoms with Crippen LogP contribution in [0.25, 0.3) is 10.9 Å². The van der Waals surface area contributed by atoms with Gasteiger partial charge in [-0.05, 0) is 29.7 Å². The standard InChI is InChI=1S/C16H21FN2O2/c1-3-10(2)15(20)9-19-16(21)6-11-8-18-14-5-4-12(17)7-13(11)14/h4-5,7-8,10,15,18,20H,3,6,9H2,1-2H3,(H,19,21). The number of aromatic amines is 1. The molecule has 5 heteroatoms. The van der Waals surface area contributed by atoms with Gasteiger partial charge < -0.3 is 15.4 Å². The van der Waals surface area contributed by atoms with Crippen molar-refractivity contribution in [2.24, 2.45) is 5.92 Å². The fourth-order valence-corrected chi connectivity index (χ4v) is 2.22. The summed E-state index contributed by atoms with van der Waals surface area (Å²) in [6.45, 7) is 4.18. The van der Waals surface area contributed by atoms with Crippen LogP contribution in [0.15, 0.2) is 24.4 Å². The molecule has 0 aliphatic carbocycles. The minimum absolute atomic E-state index is 0.146. The van der Waals surface area contributed by atoms with Crippen molar-refractivity contribution in [1.82, 2.24) is 10.3 Å². The number of fused-ring (bicyclic) bond motifs is 1. The van der Waals surface area contributed by atoms with Gasteiger partial charge in [0.1, 0.15) is 5.82 Å². The molecule has 0 bridgehead atoms. The number of aliphatic hydroxyl groups excluding tert-OH is 1. The lowest BCUT2D eigenvalue weighted by molar-refractivity contribution is -0.121. The van der Waals surface area contributed by atoms with Crippen LogP contribution in [0.2, 0.25) is 0 Å². The van der Waals surface area contributed by atoms with E-state index in [2.05, 4.69) is 10.3 Å². The quantitative estimate of drug-likeness (QED) is 0.765. The van der Waals surface area contributed by atoms with E-state index in [-0.39, 0.29) is 30.6 Å². The molecule has 1 aromatic heterocycles. The van der Waals surface area contributed by atoms with E-state index in [1.807, 2.05) is 13.8 Å². The number of rotatable bonds is 6. The van der Waals surface area contributed by atoms with E-state index < -0.39 is 6.10 Å². The van der Waals surface area contributed by atoms with Gasteiger partial charge in [0.25, 0.3) is 0 Å². The van der Waals surface area contributed by atoms with E-state index in [1.165, 1.54) is 12.1 Å². The van der Waals surface area contributed by atoms with Crippen LogP contribution in [0, 0.1) is 11.7 Å². The molecule has 0 spiro atoms. The van der Waals surface area contributed by atoms with Crippen molar-refractivity contribution in [3.8, 4) is 0 Å². The number of benzene rings is 1. The van der Waals surface area contributed by atoms with Crippen LogP contribution in [0.1, 0.15) is 25.8 Å². The molecule has 2 rings (SSSR count). The van der Waals surface area contributed by atoms with Crippen LogP contribution < -0.4 is 5.32 Å². The van der Waals surface area contributed by atoms with Crippen molar-refractivity contribution in [3.05, 3.63) is 35.8 Å². The van der Waals surface area contributed by atoms with Crippen molar-refractivity contribution in [3.63, 3.8) is 0 Å². The van der Waals surface area contributed by atoms with Gasteiger partial charge in [0, 0.05) is 23.6 Å². The molecule has 4 nitrogen and oxygen atoms in total. The third-order valence-corrected chi connectivity index (χ3v) is 3.89. The van der Waals surface area contributed by atoms with Gasteiger partial charge in [-0.2, -0.15) is 0 Å². The highest BCUT2D eigenvalue weighted by molar-refractivity contribution is 5.88. The van der Waals surface area contributed by atoms with Crippen molar-refractivity contribution in [2.75, 3.05) is 6.54 Å². The first kappa shape index (κ1) is 15.5. The fraction of sp³-hybridized carbons (Fsp3) is 0.438. The summed E-state index contributed by atoms with van der Waals surface area (Å²) in [6, 6.07) is 4.45. The average molecular weight is 292 g/mol. The van der Waals surface area contributed by atoms with Gasteiger partial charge in [-0.15, -0.1) is 0 Å². The normalized spacial score (nSPS) is 14.1. The molecule has 0 saturated heterocycles. The largest absolute Gasteiger partial charge is 0.391 e. The second-order valence-electron chi connectivity index (χ2n) is 5.44. The number of aromatic nitrogens is 1. The van der Waals surface area contributed by atoms with Crippen LogP contribution in [0.4, 0.5) is 4.39 Å². The first-order chi connectivity index (χ1) is 10.0. The van der Waals surface area contributed by atoms with Crippen molar-refractivity contribution < 1.29 is 14.3 Å². The second-order valence-corrected chi connectivity index (χ2v) is 5.44. The molecular formula is C16H21FN2O2. The molecule has 0 aliphatic rings. The Hall–Kier alpha value is -1.88. The Morgan fingerprint density at radius 1 is 1.48 bits per heavy atom. The molecule has 2 unspecified atom stereocenters. The van der Waals surface area contributed by atoms with Gasteiger partial charge in [0.05, 0.1) is 12.5 Å². The smallest absolute Gasteiger partial charge is 0.224 e. The summed E-state index contributed by atoms with van der Waals surface area (Å²) < 4.78 is 13.3. The summed E-state index contributed by atoms with van der Waals surface area (Å²) in [6.07, 6.45) is 2.20. The fourth-order valence-electron chi connectivity index (χ4n) is 2.22. The SMILES string of the molecule is CCC(C)C(O)CNC(=O)Cc1c[nH]c2ccc(F)cc12. The van der Waals surface area contributed by atoms with Gasteiger partial charge in [0.15, 0.2) is 0 Å². The molecular weight excluding hydrogens is 271 g/mol. The molecule has 114 valence electrons. The Morgan fingerprint density at radius 3 is 2.95 bits per heavy atom. The first-order valence-corrected chi connectivity index (χ1v) is 7.21. The monoisotopic (exact) mass is 292 g/mol. The van der Waals surface area contributed by atoms with Crippen LogP contribution >= 0.6 is 0 Å². The van der Waals surface area contributed by atoms with Crippen LogP contribution in [0.5, 0.6) is 0 Å². The molecule has 1 amide bonds. The van der Waals surface area contributed by atoms with E-state index >= 15 is 0 Å². The zero-order chi connectivity index (χ0) is 15.4. The number of aliphatic hydroxyl groups is 1. The Bertz CT molecular complexity index is 624. The zero-order valence-electron chi connectivity index (χ0n) is 12.3. The van der Waals surface area contributed by atoms with E-state index in [4.69, 9.17) is 0 Å². The molecule has 2 aromatic rings. The predicted molar refractivity (Wildman–Crippen MR) is 80.4 cm³/mol. The Morgan fingerprint density at radius 2 is 2.24 bits per heavy atom. The van der Waals surface area contributed by atoms with E-state index in [0.717, 1.165) is 17.5 Å². The number of carbonyl (C=O) groups is 1. The number of amides is 1. The maximum atomic E-state index is 13.3. The molecule has 1 heterocycles. The summed E-state index contributed by atoms with van der Waals surface area (Å²) in [7, 11) is 0. The minimum atomic E-state index is -0.542. The highest BCUT2D eigenvalue weighted by atomic mass is 19.1. The number of H-pyrrole nitrogens is 1. The molecule has 0 fully saturated rings. The van der Waals surface area contributed by atoms with E-state index in [9.17, 15) is 14.3 Å². The average Bonchev–Trinajstić information content (AvgIpc) is 2.86. The lowest BCUT2D eigenvalue weighted by Crippen LogP contribution is -2.36. The van der Waals surface area contributed by atoms with E-state index in [0.29, 0.717) is 5.39 Å². The second kappa shape index (κ2) is 6.72. The molecule has 0 aliphatic heterocycles. The number of nitrogens with one attached hydrogen (secondary N) is 2. The Balaban J connectivity index is 1.97. The minimum Gasteiger partial charge on any atom is -0.391 e. The highest BCUT2D eigenvalue weighted by Gasteiger charge is 2.14. The van der Waals surface area contributed by atoms with Crippen molar-refractivity contribution in [1.29, 1.82) is 0 Å². The van der Waals surface area contributed by atoms with Crippen molar-refractivity contribution in [2.45, 2.75) is 32.8 Å². The molecule has 0 radical (unpaired) electrons. The van der Waals surface area contributed by atoms with Crippen LogP contribution in [-0.2, 0) is 11.2 Å². The first-order valence-electron chi connectivity index (χ1n) is 7.21. The summed E-state index contributed by atoms with van der Waals surface area (Å²) in [5, 5.41) is 13.3. The molecule has 1 aromatic carbocycles. The summed E-state index contributed by atoms with van der Waals surface area (Å²) >= 11 is 0. The third kappa shape index (κ3) is 3.82.